The molecule has 1 atom stereocenters. The normalized spacial score (nSPS) is 12.7. The first-order chi connectivity index (χ1) is 8.61. The summed E-state index contributed by atoms with van der Waals surface area (Å²) < 4.78 is 14.8. The molecule has 1 aromatic heterocycles. The summed E-state index contributed by atoms with van der Waals surface area (Å²) in [5, 5.41) is 5.12. The molecule has 0 radical (unpaired) electrons. The fourth-order valence-electron chi connectivity index (χ4n) is 1.60. The molecule has 1 heterocycles. The number of rotatable bonds is 4. The van der Waals surface area contributed by atoms with Crippen molar-refractivity contribution in [3.8, 4) is 0 Å². The smallest absolute Gasteiger partial charge is 0.155 e. The van der Waals surface area contributed by atoms with E-state index in [1.165, 1.54) is 17.8 Å². The van der Waals surface area contributed by atoms with Crippen molar-refractivity contribution < 1.29 is 4.39 Å². The molecule has 0 aliphatic carbocycles. The van der Waals surface area contributed by atoms with Gasteiger partial charge in [0.1, 0.15) is 5.82 Å². The Balaban J connectivity index is 2.36. The Hall–Kier alpha value is -0.910. The third-order valence-electron chi connectivity index (χ3n) is 2.68. The van der Waals surface area contributed by atoms with Gasteiger partial charge in [0.2, 0.25) is 0 Å². The van der Waals surface area contributed by atoms with Crippen molar-refractivity contribution in [3.05, 3.63) is 40.7 Å². The average molecular weight is 282 g/mol. The van der Waals surface area contributed by atoms with Gasteiger partial charge in [-0.1, -0.05) is 23.9 Å². The summed E-state index contributed by atoms with van der Waals surface area (Å²) in [4.78, 5) is 5.03. The predicted octanol–water partition coefficient (Wildman–Crippen LogP) is 4.02. The molecule has 5 heteroatoms. The van der Waals surface area contributed by atoms with Gasteiger partial charge in [-0.3, -0.25) is 0 Å². The number of aryl methyl sites for hydroxylation is 1. The van der Waals surface area contributed by atoms with Crippen LogP contribution in [0.4, 0.5) is 4.39 Å². The Kier molecular flexibility index (Phi) is 4.37. The lowest BCUT2D eigenvalue weighted by Crippen LogP contribution is -2.13. The highest BCUT2D eigenvalue weighted by molar-refractivity contribution is 8.01. The topological polar surface area (TPSA) is 24.9 Å². The molecule has 0 amide bonds. The van der Waals surface area contributed by atoms with Crippen LogP contribution in [0.2, 0.25) is 0 Å². The van der Waals surface area contributed by atoms with E-state index in [2.05, 4.69) is 10.3 Å². The van der Waals surface area contributed by atoms with Crippen molar-refractivity contribution in [1.29, 1.82) is 0 Å². The Morgan fingerprint density at radius 3 is 2.83 bits per heavy atom. The van der Waals surface area contributed by atoms with Gasteiger partial charge in [-0.05, 0) is 32.5 Å². The zero-order valence-corrected chi connectivity index (χ0v) is 12.2. The first-order valence-corrected chi connectivity index (χ1v) is 7.37. The molecule has 0 fully saturated rings. The summed E-state index contributed by atoms with van der Waals surface area (Å²) in [5.41, 5.74) is 1.94. The van der Waals surface area contributed by atoms with Crippen molar-refractivity contribution >= 4 is 23.1 Å². The third-order valence-corrected chi connectivity index (χ3v) is 4.88. The van der Waals surface area contributed by atoms with Gasteiger partial charge < -0.3 is 5.32 Å². The monoisotopic (exact) mass is 282 g/mol. The molecule has 0 aliphatic rings. The number of hydrogen-bond donors (Lipinski definition) is 1. The number of benzene rings is 1. The maximum atomic E-state index is 14.0. The SMILES string of the molecule is CNC(C)c1cccc(F)c1Sc1nc(C)cs1. The van der Waals surface area contributed by atoms with Crippen LogP contribution in [-0.4, -0.2) is 12.0 Å². The quantitative estimate of drug-likeness (QED) is 0.916. The van der Waals surface area contributed by atoms with Crippen LogP contribution in [0.15, 0.2) is 32.8 Å². The van der Waals surface area contributed by atoms with Gasteiger partial charge in [-0.25, -0.2) is 9.37 Å². The van der Waals surface area contributed by atoms with Crippen LogP contribution in [-0.2, 0) is 0 Å². The maximum Gasteiger partial charge on any atom is 0.155 e. The van der Waals surface area contributed by atoms with E-state index in [1.54, 1.807) is 17.4 Å². The minimum atomic E-state index is -0.188. The largest absolute Gasteiger partial charge is 0.313 e. The number of nitrogens with zero attached hydrogens (tertiary/aromatic N) is 1. The third kappa shape index (κ3) is 2.91. The second kappa shape index (κ2) is 5.82. The van der Waals surface area contributed by atoms with Gasteiger partial charge in [-0.15, -0.1) is 11.3 Å². The molecule has 0 saturated carbocycles. The number of thiazole rings is 1. The molecule has 2 nitrogen and oxygen atoms in total. The van der Waals surface area contributed by atoms with Crippen LogP contribution in [0.5, 0.6) is 0 Å². The van der Waals surface area contributed by atoms with E-state index in [0.717, 1.165) is 15.6 Å². The van der Waals surface area contributed by atoms with E-state index in [1.807, 2.05) is 32.3 Å². The molecule has 18 heavy (non-hydrogen) atoms. The molecule has 0 saturated heterocycles. The summed E-state index contributed by atoms with van der Waals surface area (Å²) in [7, 11) is 1.87. The van der Waals surface area contributed by atoms with E-state index < -0.39 is 0 Å². The zero-order valence-electron chi connectivity index (χ0n) is 10.5. The molecule has 0 aliphatic heterocycles. The summed E-state index contributed by atoms with van der Waals surface area (Å²) in [5.74, 6) is -0.188. The Morgan fingerprint density at radius 1 is 1.44 bits per heavy atom. The minimum absolute atomic E-state index is 0.115. The van der Waals surface area contributed by atoms with Crippen LogP contribution in [0.1, 0.15) is 24.2 Å². The van der Waals surface area contributed by atoms with E-state index >= 15 is 0 Å². The number of hydrogen-bond acceptors (Lipinski definition) is 4. The fraction of sp³-hybridized carbons (Fsp3) is 0.308. The molecule has 2 rings (SSSR count). The van der Waals surface area contributed by atoms with Crippen molar-refractivity contribution in [1.82, 2.24) is 10.3 Å². The Labute approximate surface area is 115 Å². The van der Waals surface area contributed by atoms with E-state index in [0.29, 0.717) is 4.90 Å². The van der Waals surface area contributed by atoms with E-state index in [-0.39, 0.29) is 11.9 Å². The summed E-state index contributed by atoms with van der Waals surface area (Å²) in [6, 6.07) is 5.31. The maximum absolute atomic E-state index is 14.0. The van der Waals surface area contributed by atoms with Crippen molar-refractivity contribution in [2.45, 2.75) is 29.1 Å². The van der Waals surface area contributed by atoms with Gasteiger partial charge in [0.15, 0.2) is 4.34 Å². The van der Waals surface area contributed by atoms with Gasteiger partial charge in [0.25, 0.3) is 0 Å². The summed E-state index contributed by atoms with van der Waals surface area (Å²) in [6.45, 7) is 3.96. The van der Waals surface area contributed by atoms with E-state index in [9.17, 15) is 4.39 Å². The fourth-order valence-corrected chi connectivity index (χ4v) is 3.60. The highest BCUT2D eigenvalue weighted by Crippen LogP contribution is 2.36. The first kappa shape index (κ1) is 13.5. The summed E-state index contributed by atoms with van der Waals surface area (Å²) >= 11 is 2.94. The Morgan fingerprint density at radius 2 is 2.22 bits per heavy atom. The molecule has 0 bridgehead atoms. The van der Waals surface area contributed by atoms with Gasteiger partial charge in [0.05, 0.1) is 4.90 Å². The summed E-state index contributed by atoms with van der Waals surface area (Å²) in [6.07, 6.45) is 0. The minimum Gasteiger partial charge on any atom is -0.313 e. The van der Waals surface area contributed by atoms with Gasteiger partial charge >= 0.3 is 0 Å². The molecule has 1 N–H and O–H groups in total. The van der Waals surface area contributed by atoms with Crippen LogP contribution < -0.4 is 5.32 Å². The predicted molar refractivity (Wildman–Crippen MR) is 74.8 cm³/mol. The van der Waals surface area contributed by atoms with Crippen molar-refractivity contribution in [2.75, 3.05) is 7.05 Å². The molecular weight excluding hydrogens is 267 g/mol. The molecule has 2 aromatic rings. The number of nitrogens with one attached hydrogen (secondary N) is 1. The second-order valence-corrected chi connectivity index (χ2v) is 6.14. The van der Waals surface area contributed by atoms with Crippen LogP contribution in [0.25, 0.3) is 0 Å². The first-order valence-electron chi connectivity index (χ1n) is 5.67. The van der Waals surface area contributed by atoms with E-state index in [4.69, 9.17) is 0 Å². The Bertz CT molecular complexity index is 540. The number of halogens is 1. The van der Waals surface area contributed by atoms with Gasteiger partial charge in [0, 0.05) is 17.1 Å². The van der Waals surface area contributed by atoms with Crippen molar-refractivity contribution in [3.63, 3.8) is 0 Å². The lowest BCUT2D eigenvalue weighted by molar-refractivity contribution is 0.576. The lowest BCUT2D eigenvalue weighted by atomic mass is 10.1. The highest BCUT2D eigenvalue weighted by Gasteiger charge is 2.15. The molecular formula is C13H15FN2S2. The zero-order chi connectivity index (χ0) is 13.1. The average Bonchev–Trinajstić information content (AvgIpc) is 2.76. The van der Waals surface area contributed by atoms with Crippen LogP contribution >= 0.6 is 23.1 Å². The lowest BCUT2D eigenvalue weighted by Gasteiger charge is -2.15. The molecule has 1 unspecified atom stereocenters. The van der Waals surface area contributed by atoms with Crippen molar-refractivity contribution in [2.24, 2.45) is 0 Å². The number of aromatic nitrogens is 1. The molecule has 1 aromatic carbocycles. The van der Waals surface area contributed by atoms with Gasteiger partial charge in [-0.2, -0.15) is 0 Å². The molecule has 96 valence electrons. The standard InChI is InChI=1S/C13H15FN2S2/c1-8-7-17-13(16-8)18-12-10(9(2)15-3)5-4-6-11(12)14/h4-7,9,15H,1-3H3. The van der Waals surface area contributed by atoms with Crippen LogP contribution in [0.3, 0.4) is 0 Å². The van der Waals surface area contributed by atoms with Crippen LogP contribution in [0, 0.1) is 12.7 Å². The second-order valence-electron chi connectivity index (χ2n) is 4.03. The molecule has 0 spiro atoms. The highest BCUT2D eigenvalue weighted by atomic mass is 32.2.